The second kappa shape index (κ2) is 17.2. The molecule has 0 saturated heterocycles. The van der Waals surface area contributed by atoms with E-state index in [1.807, 2.05) is 0 Å². The van der Waals surface area contributed by atoms with Crippen LogP contribution in [0.5, 0.6) is 0 Å². The van der Waals surface area contributed by atoms with Crippen LogP contribution in [0.3, 0.4) is 0 Å². The largest absolute Gasteiger partial charge is 6.00 e. The van der Waals surface area contributed by atoms with Gasteiger partial charge in [-0.3, -0.25) is 0 Å². The maximum atomic E-state index is 5.36. The van der Waals surface area contributed by atoms with E-state index in [2.05, 4.69) is 24.4 Å². The minimum Gasteiger partial charge on any atom is 6.00 e. The van der Waals surface area contributed by atoms with E-state index in [9.17, 15) is 0 Å². The Morgan fingerprint density at radius 2 is 1.13 bits per heavy atom. The zero-order chi connectivity index (χ0) is 26.1. The maximum absolute atomic E-state index is 5.36. The van der Waals surface area contributed by atoms with Gasteiger partial charge in [-0.15, -0.1) is 43.5 Å². The van der Waals surface area contributed by atoms with E-state index in [1.165, 1.54) is 82.6 Å². The van der Waals surface area contributed by atoms with E-state index >= 15 is 0 Å². The molecule has 0 spiro atoms. The van der Waals surface area contributed by atoms with Crippen molar-refractivity contribution in [2.24, 2.45) is 17.8 Å². The summed E-state index contributed by atoms with van der Waals surface area (Å²) in [5.74, 6) is 1.91. The van der Waals surface area contributed by atoms with Gasteiger partial charge in [-0.2, -0.15) is 6.20 Å². The molecule has 0 aromatic rings. The molecule has 38 heavy (non-hydrogen) atoms. The Bertz CT molecular complexity index is 798. The summed E-state index contributed by atoms with van der Waals surface area (Å²) in [6.45, 7) is 2.97. The smallest absolute Gasteiger partial charge is 6.00 e. The Morgan fingerprint density at radius 1 is 0.658 bits per heavy atom. The predicted octanol–water partition coefficient (Wildman–Crippen LogP) is 10.7. The molecule has 4 nitrogen and oxygen atoms in total. The summed E-state index contributed by atoms with van der Waals surface area (Å²) in [7, 11) is 17.2. The molecule has 6 atom stereocenters. The first-order valence-corrected chi connectivity index (χ1v) is 20.2. The van der Waals surface area contributed by atoms with Crippen LogP contribution >= 0.6 is 40.4 Å². The van der Waals surface area contributed by atoms with Crippen molar-refractivity contribution in [2.75, 3.05) is 19.6 Å². The summed E-state index contributed by atoms with van der Waals surface area (Å²) in [6, 6.07) is 1.48. The van der Waals surface area contributed by atoms with Gasteiger partial charge < -0.3 is 21.3 Å². The van der Waals surface area contributed by atoms with Gasteiger partial charge in [0.1, 0.15) is 0 Å². The summed E-state index contributed by atoms with van der Waals surface area (Å²) in [6.07, 6.45) is 25.5. The Kier molecular flexibility index (Phi) is 15.1. The second-order valence-corrected chi connectivity index (χ2v) is 22.1. The van der Waals surface area contributed by atoms with Crippen molar-refractivity contribution in [3.05, 3.63) is 57.0 Å². The van der Waals surface area contributed by atoms with Crippen molar-refractivity contribution in [2.45, 2.75) is 102 Å². The minimum absolute atomic E-state index is 0. The topological polar surface area (TPSA) is 56.4 Å². The molecule has 0 aromatic carbocycles. The summed E-state index contributed by atoms with van der Waals surface area (Å²) in [5.41, 5.74) is 2.47. The fourth-order valence-electron chi connectivity index (χ4n) is 6.66. The molecule has 1 heterocycles. The van der Waals surface area contributed by atoms with Crippen molar-refractivity contribution < 1.29 is 26.3 Å². The average molecular weight is 688 g/mol. The Balaban J connectivity index is 0.000000612. The molecule has 3 fully saturated rings. The van der Waals surface area contributed by atoms with Crippen molar-refractivity contribution >= 4 is 40.4 Å². The summed E-state index contributed by atoms with van der Waals surface area (Å²) >= 11 is 0. The van der Waals surface area contributed by atoms with Crippen LogP contribution in [0.15, 0.2) is 35.7 Å². The molecule has 10 heteroatoms. The number of nitrogens with zero attached hydrogens (tertiary/aromatic N) is 4. The van der Waals surface area contributed by atoms with Crippen molar-refractivity contribution in [3.8, 4) is 0 Å². The number of hydrogen-bond donors (Lipinski definition) is 0. The van der Waals surface area contributed by atoms with Crippen LogP contribution in [0.2, 0.25) is 0 Å². The summed E-state index contributed by atoms with van der Waals surface area (Å²) in [5, 5.41) is 21.0. The zero-order valence-corrected chi connectivity index (χ0v) is 27.3. The number of hydrogen-bond acceptors (Lipinski definition) is 0. The van der Waals surface area contributed by atoms with E-state index in [1.54, 1.807) is 0 Å². The number of allylic oxidation sites excluding steroid dienone is 4. The van der Waals surface area contributed by atoms with Gasteiger partial charge in [0.25, 0.3) is 0 Å². The SMILES string of the molecule is C1=CC/C2=C/[N-]C3CCCCC3C[N-]C3CCCCC3C[N-]C3CCCCC3C[N-]C2=C1.[Cl][Fe]([Cl])([Cl])[Cl].[Fe+6]. The molecular weight excluding hydrogens is 646 g/mol. The van der Waals surface area contributed by atoms with Gasteiger partial charge in [-0.25, -0.2) is 0 Å². The monoisotopic (exact) mass is 686 g/mol. The Morgan fingerprint density at radius 3 is 1.71 bits per heavy atom. The fourth-order valence-corrected chi connectivity index (χ4v) is 6.66. The molecule has 0 N–H and O–H groups in total. The average Bonchev–Trinajstić information content (AvgIpc) is 2.89. The zero-order valence-electron chi connectivity index (χ0n) is 22.1. The van der Waals surface area contributed by atoms with Crippen LogP contribution in [0, 0.1) is 17.8 Å². The second-order valence-electron chi connectivity index (χ2n) is 11.2. The predicted molar refractivity (Wildman–Crippen MR) is 159 cm³/mol. The molecule has 0 aromatic heterocycles. The third kappa shape index (κ3) is 11.3. The first kappa shape index (κ1) is 33.4. The van der Waals surface area contributed by atoms with Gasteiger partial charge in [0.15, 0.2) is 0 Å². The minimum atomic E-state index is -2.61. The normalized spacial score (nSPS) is 36.2. The molecule has 1 aliphatic heterocycles. The maximum Gasteiger partial charge on any atom is 6.00 e. The number of fused-ring (bicyclic) bond motifs is 4. The van der Waals surface area contributed by atoms with Crippen LogP contribution < -0.4 is 0 Å². The molecule has 216 valence electrons. The van der Waals surface area contributed by atoms with E-state index in [0.717, 1.165) is 31.8 Å². The van der Waals surface area contributed by atoms with Gasteiger partial charge in [-0.05, 0) is 6.42 Å². The van der Waals surface area contributed by atoms with Crippen LogP contribution in [0.25, 0.3) is 21.3 Å². The Labute approximate surface area is 260 Å². The molecular formula is C28H42Cl4Fe2N4+2. The third-order valence-corrected chi connectivity index (χ3v) is 8.73. The van der Waals surface area contributed by atoms with E-state index in [4.69, 9.17) is 61.7 Å². The van der Waals surface area contributed by atoms with E-state index in [0.29, 0.717) is 35.9 Å². The van der Waals surface area contributed by atoms with Gasteiger partial charge in [0, 0.05) is 0 Å². The van der Waals surface area contributed by atoms with Crippen molar-refractivity contribution in [1.82, 2.24) is 0 Å². The molecule has 5 aliphatic rings. The van der Waals surface area contributed by atoms with E-state index < -0.39 is 9.20 Å². The van der Waals surface area contributed by atoms with Gasteiger partial charge in [-0.1, -0.05) is 119 Å². The molecule has 5 rings (SSSR count). The van der Waals surface area contributed by atoms with Crippen LogP contribution in [-0.2, 0) is 26.3 Å². The number of halogens is 4. The van der Waals surface area contributed by atoms with E-state index in [-0.39, 0.29) is 17.1 Å². The molecule has 4 aliphatic carbocycles. The number of rotatable bonds is 0. The standard InChI is InChI=1S/C28H42N4.4ClH.2Fe/c1-5-13-25-21(9-1)17-29-26-14-6-2-11-23(26)19-31-28-16-8-4-12-24(28)20-32-27-15-7-3-10-22(27)18-30-25;;;;;;/h1,5,13,17,22-24,26-28H,2-4,6-12,14-16,18-20H2;4*1H;;/q-4;;;;;+4;+6/p-4/b21-17-;;;;;;. The van der Waals surface area contributed by atoms with Gasteiger partial charge in [0.05, 0.1) is 0 Å². The molecule has 0 bridgehead atoms. The van der Waals surface area contributed by atoms with Crippen LogP contribution in [-0.4, -0.2) is 37.8 Å². The van der Waals surface area contributed by atoms with Gasteiger partial charge >= 0.3 is 66.7 Å². The third-order valence-electron chi connectivity index (χ3n) is 8.73. The molecule has 0 amide bonds. The fraction of sp³-hybridized carbons (Fsp3) is 0.786. The molecule has 6 unspecified atom stereocenters. The summed E-state index contributed by atoms with van der Waals surface area (Å²) in [4.78, 5) is 0. The van der Waals surface area contributed by atoms with Crippen molar-refractivity contribution in [3.63, 3.8) is 0 Å². The first-order chi connectivity index (χ1) is 17.9. The Hall–Kier alpha value is 0.939. The van der Waals surface area contributed by atoms with Crippen molar-refractivity contribution in [1.29, 1.82) is 0 Å². The van der Waals surface area contributed by atoms with Crippen LogP contribution in [0.1, 0.15) is 83.5 Å². The first-order valence-electron chi connectivity index (χ1n) is 14.2. The quantitative estimate of drug-likeness (QED) is 0.228. The van der Waals surface area contributed by atoms with Crippen LogP contribution in [0.4, 0.5) is 0 Å². The molecule has 3 saturated carbocycles. The summed E-state index contributed by atoms with van der Waals surface area (Å²) < 4.78 is 0. The van der Waals surface area contributed by atoms with Gasteiger partial charge in [0.2, 0.25) is 0 Å². The molecule has 0 radical (unpaired) electrons.